The molecule has 3 aromatic rings. The summed E-state index contributed by atoms with van der Waals surface area (Å²) in [5.74, 6) is 0.961. The van der Waals surface area contributed by atoms with Gasteiger partial charge in [0.2, 0.25) is 0 Å². The van der Waals surface area contributed by atoms with Gasteiger partial charge in [-0.05, 0) is 31.4 Å². The molecular formula is C18H20N6. The van der Waals surface area contributed by atoms with Crippen molar-refractivity contribution in [3.8, 4) is 11.5 Å². The van der Waals surface area contributed by atoms with E-state index in [-0.39, 0.29) is 0 Å². The highest BCUT2D eigenvalue weighted by Crippen LogP contribution is 2.33. The fourth-order valence-corrected chi connectivity index (χ4v) is 3.96. The molecule has 1 aromatic carbocycles. The van der Waals surface area contributed by atoms with Crippen LogP contribution in [0.4, 0.5) is 0 Å². The average Bonchev–Trinajstić information content (AvgIpc) is 3.29. The molecule has 1 saturated heterocycles. The van der Waals surface area contributed by atoms with E-state index in [9.17, 15) is 0 Å². The van der Waals surface area contributed by atoms with Crippen molar-refractivity contribution in [3.05, 3.63) is 48.8 Å². The molecule has 5 rings (SSSR count). The molecule has 0 amide bonds. The smallest absolute Gasteiger partial charge is 0.158 e. The summed E-state index contributed by atoms with van der Waals surface area (Å²) in [5.41, 5.74) is 11.6. The van der Waals surface area contributed by atoms with Crippen molar-refractivity contribution >= 4 is 10.9 Å². The minimum Gasteiger partial charge on any atom is -0.327 e. The van der Waals surface area contributed by atoms with Gasteiger partial charge in [-0.15, -0.1) is 0 Å². The monoisotopic (exact) mass is 320 g/mol. The Hall–Kier alpha value is -2.28. The van der Waals surface area contributed by atoms with E-state index in [1.54, 1.807) is 0 Å². The zero-order valence-corrected chi connectivity index (χ0v) is 13.3. The Morgan fingerprint density at radius 2 is 1.92 bits per heavy atom. The van der Waals surface area contributed by atoms with E-state index in [1.165, 1.54) is 0 Å². The first-order valence-electron chi connectivity index (χ1n) is 8.53. The van der Waals surface area contributed by atoms with Gasteiger partial charge in [0.15, 0.2) is 5.82 Å². The maximum absolute atomic E-state index is 4.82. The summed E-state index contributed by atoms with van der Waals surface area (Å²) in [6.45, 7) is 0. The molecule has 3 N–H and O–H groups in total. The summed E-state index contributed by atoms with van der Waals surface area (Å²) in [7, 11) is 0. The third-order valence-electron chi connectivity index (χ3n) is 5.23. The van der Waals surface area contributed by atoms with Crippen LogP contribution in [0.3, 0.4) is 0 Å². The van der Waals surface area contributed by atoms with Crippen LogP contribution in [0, 0.1) is 0 Å². The lowest BCUT2D eigenvalue weighted by atomic mass is 9.87. The number of rotatable bonds is 2. The zero-order valence-electron chi connectivity index (χ0n) is 13.3. The van der Waals surface area contributed by atoms with Crippen LogP contribution >= 0.6 is 0 Å². The quantitative estimate of drug-likeness (QED) is 0.675. The number of nitrogens with zero attached hydrogens (tertiary/aromatic N) is 3. The molecule has 1 aliphatic heterocycles. The number of nitrogens with one attached hydrogen (secondary N) is 3. The van der Waals surface area contributed by atoms with E-state index in [0.29, 0.717) is 18.1 Å². The lowest BCUT2D eigenvalue weighted by Crippen LogP contribution is -2.40. The number of hydrazine groups is 2. The number of benzene rings is 1. The van der Waals surface area contributed by atoms with Crippen molar-refractivity contribution in [1.29, 1.82) is 0 Å². The average molecular weight is 320 g/mol. The van der Waals surface area contributed by atoms with Crippen LogP contribution in [0.2, 0.25) is 0 Å². The van der Waals surface area contributed by atoms with Crippen LogP contribution in [-0.4, -0.2) is 26.6 Å². The topological polar surface area (TPSA) is 66.8 Å². The highest BCUT2D eigenvalue weighted by molar-refractivity contribution is 5.80. The minimum atomic E-state index is 0.450. The number of fused-ring (bicyclic) bond motifs is 2. The molecule has 24 heavy (non-hydrogen) atoms. The van der Waals surface area contributed by atoms with Crippen molar-refractivity contribution in [3.63, 3.8) is 0 Å². The molecule has 1 aliphatic carbocycles. The summed E-state index contributed by atoms with van der Waals surface area (Å²) in [5, 5.41) is 1.16. The molecule has 1 saturated carbocycles. The van der Waals surface area contributed by atoms with Crippen LogP contribution < -0.4 is 16.4 Å². The van der Waals surface area contributed by atoms with E-state index >= 15 is 0 Å². The number of pyridine rings is 1. The van der Waals surface area contributed by atoms with Gasteiger partial charge in [0.1, 0.15) is 5.69 Å². The molecule has 0 radical (unpaired) electrons. The fourth-order valence-electron chi connectivity index (χ4n) is 3.96. The highest BCUT2D eigenvalue weighted by atomic mass is 15.7. The molecule has 6 nitrogen and oxygen atoms in total. The van der Waals surface area contributed by atoms with Crippen molar-refractivity contribution < 1.29 is 0 Å². The summed E-state index contributed by atoms with van der Waals surface area (Å²) < 4.78 is 2.30. The standard InChI is InChI=1S/C18H20N6/c1-2-4-14-12(3-1)5-7-16(20-14)18-19-9-10-24(18)13-6-8-15-17(11-13)22-23-21-15/h1-5,7,9-10,13,15,17,21-23H,6,8,11H2. The second-order valence-electron chi connectivity index (χ2n) is 6.64. The number of hydrogen-bond donors (Lipinski definition) is 3. The summed E-state index contributed by atoms with van der Waals surface area (Å²) in [4.78, 5) is 9.42. The second kappa shape index (κ2) is 5.66. The summed E-state index contributed by atoms with van der Waals surface area (Å²) in [6, 6.07) is 13.8. The van der Waals surface area contributed by atoms with Gasteiger partial charge < -0.3 is 4.57 Å². The maximum atomic E-state index is 4.82. The Morgan fingerprint density at radius 1 is 1.00 bits per heavy atom. The van der Waals surface area contributed by atoms with Crippen LogP contribution in [0.1, 0.15) is 25.3 Å². The van der Waals surface area contributed by atoms with Crippen LogP contribution in [0.15, 0.2) is 48.8 Å². The van der Waals surface area contributed by atoms with Crippen molar-refractivity contribution in [1.82, 2.24) is 30.9 Å². The summed E-state index contributed by atoms with van der Waals surface area (Å²) in [6.07, 6.45) is 7.36. The third kappa shape index (κ3) is 2.31. The van der Waals surface area contributed by atoms with Gasteiger partial charge in [0.05, 0.1) is 5.52 Å². The number of hydrogen-bond acceptors (Lipinski definition) is 5. The third-order valence-corrected chi connectivity index (χ3v) is 5.23. The first-order chi connectivity index (χ1) is 11.9. The molecule has 6 heteroatoms. The Labute approximate surface area is 140 Å². The van der Waals surface area contributed by atoms with Gasteiger partial charge in [-0.3, -0.25) is 0 Å². The lowest BCUT2D eigenvalue weighted by molar-refractivity contribution is 0.283. The Bertz CT molecular complexity index is 873. The molecule has 2 aliphatic rings. The Kier molecular flexibility index (Phi) is 3.33. The molecule has 3 atom stereocenters. The first-order valence-corrected chi connectivity index (χ1v) is 8.53. The molecule has 3 unspecified atom stereocenters. The SMILES string of the molecule is c1ccc2nc(-c3nccn3C3CCC4NNNC4C3)ccc2c1. The van der Waals surface area contributed by atoms with Gasteiger partial charge in [-0.2, -0.15) is 5.53 Å². The molecular weight excluding hydrogens is 300 g/mol. The number of aromatic nitrogens is 3. The van der Waals surface area contributed by atoms with Crippen molar-refractivity contribution in [2.24, 2.45) is 0 Å². The van der Waals surface area contributed by atoms with Gasteiger partial charge in [0.25, 0.3) is 0 Å². The molecule has 122 valence electrons. The predicted molar refractivity (Wildman–Crippen MR) is 92.8 cm³/mol. The molecule has 0 spiro atoms. The minimum absolute atomic E-state index is 0.450. The molecule has 2 aromatic heterocycles. The molecule has 3 heterocycles. The fraction of sp³-hybridized carbons (Fsp3) is 0.333. The van der Waals surface area contributed by atoms with Gasteiger partial charge >= 0.3 is 0 Å². The van der Waals surface area contributed by atoms with E-state index in [0.717, 1.165) is 41.7 Å². The van der Waals surface area contributed by atoms with E-state index < -0.39 is 0 Å². The molecule has 2 fully saturated rings. The maximum Gasteiger partial charge on any atom is 0.158 e. The first kappa shape index (κ1) is 14.1. The Balaban J connectivity index is 1.50. The predicted octanol–water partition coefficient (Wildman–Crippen LogP) is 2.17. The van der Waals surface area contributed by atoms with Crippen molar-refractivity contribution in [2.75, 3.05) is 0 Å². The highest BCUT2D eigenvalue weighted by Gasteiger charge is 2.35. The van der Waals surface area contributed by atoms with Crippen molar-refractivity contribution in [2.45, 2.75) is 37.4 Å². The van der Waals surface area contributed by atoms with Gasteiger partial charge in [-0.25, -0.2) is 20.8 Å². The van der Waals surface area contributed by atoms with E-state index in [4.69, 9.17) is 4.98 Å². The molecule has 0 bridgehead atoms. The largest absolute Gasteiger partial charge is 0.327 e. The van der Waals surface area contributed by atoms with Crippen LogP contribution in [0.5, 0.6) is 0 Å². The number of para-hydroxylation sites is 1. The lowest BCUT2D eigenvalue weighted by Gasteiger charge is -2.31. The summed E-state index contributed by atoms with van der Waals surface area (Å²) >= 11 is 0. The normalized spacial score (nSPS) is 26.6. The van der Waals surface area contributed by atoms with Gasteiger partial charge in [-0.1, -0.05) is 24.3 Å². The van der Waals surface area contributed by atoms with Crippen LogP contribution in [0.25, 0.3) is 22.4 Å². The van der Waals surface area contributed by atoms with Gasteiger partial charge in [0, 0.05) is 35.9 Å². The second-order valence-corrected chi connectivity index (χ2v) is 6.64. The van der Waals surface area contributed by atoms with E-state index in [1.807, 2.05) is 18.3 Å². The van der Waals surface area contributed by atoms with Crippen LogP contribution in [-0.2, 0) is 0 Å². The van der Waals surface area contributed by atoms with E-state index in [2.05, 4.69) is 56.4 Å². The number of imidazole rings is 1. The zero-order chi connectivity index (χ0) is 15.9. The Morgan fingerprint density at radius 3 is 2.92 bits per heavy atom.